The number of rotatable bonds is 1. The summed E-state index contributed by atoms with van der Waals surface area (Å²) in [4.78, 5) is 14.8. The minimum absolute atomic E-state index is 0.168. The van der Waals surface area contributed by atoms with Gasteiger partial charge in [-0.15, -0.1) is 0 Å². The summed E-state index contributed by atoms with van der Waals surface area (Å²) < 4.78 is 12.0. The van der Waals surface area contributed by atoms with E-state index >= 15 is 0 Å². The molecule has 0 saturated heterocycles. The van der Waals surface area contributed by atoms with Crippen LogP contribution in [0.25, 0.3) is 11.0 Å². The summed E-state index contributed by atoms with van der Waals surface area (Å²) in [6.07, 6.45) is 3.98. The Morgan fingerprint density at radius 3 is 2.34 bits per heavy atom. The van der Waals surface area contributed by atoms with Crippen LogP contribution in [0.1, 0.15) is 51.8 Å². The van der Waals surface area contributed by atoms with Crippen molar-refractivity contribution in [2.45, 2.75) is 59.9 Å². The first-order chi connectivity index (χ1) is 13.9. The van der Waals surface area contributed by atoms with Crippen LogP contribution < -0.4 is 15.3 Å². The number of hydrogen-bond donors (Lipinski definition) is 0. The molecule has 0 amide bonds. The Hall–Kier alpha value is -2.75. The van der Waals surface area contributed by atoms with Crippen LogP contribution in [0.4, 0.5) is 5.69 Å². The minimum Gasteiger partial charge on any atom is -0.472 e. The molecule has 0 spiro atoms. The first kappa shape index (κ1) is 18.3. The third-order valence-electron chi connectivity index (χ3n) is 6.45. The minimum atomic E-state index is -0.168. The van der Waals surface area contributed by atoms with Gasteiger partial charge in [0.15, 0.2) is 6.73 Å². The van der Waals surface area contributed by atoms with Gasteiger partial charge in [0, 0.05) is 34.3 Å². The van der Waals surface area contributed by atoms with Gasteiger partial charge in [0.25, 0.3) is 0 Å². The Labute approximate surface area is 171 Å². The molecule has 1 aliphatic heterocycles. The second-order valence-electron chi connectivity index (χ2n) is 8.64. The topological polar surface area (TPSA) is 42.7 Å². The van der Waals surface area contributed by atoms with Crippen molar-refractivity contribution in [3.05, 3.63) is 67.6 Å². The van der Waals surface area contributed by atoms with Crippen molar-refractivity contribution in [2.75, 3.05) is 11.6 Å². The van der Waals surface area contributed by atoms with Crippen LogP contribution in [0.2, 0.25) is 0 Å². The van der Waals surface area contributed by atoms with Gasteiger partial charge in [-0.25, -0.2) is 4.79 Å². The summed E-state index contributed by atoms with van der Waals surface area (Å²) in [7, 11) is 0. The van der Waals surface area contributed by atoms with E-state index in [9.17, 15) is 4.79 Å². The maximum atomic E-state index is 12.5. The quantitative estimate of drug-likeness (QED) is 0.532. The number of nitrogens with zero attached hydrogens (tertiary/aromatic N) is 1. The van der Waals surface area contributed by atoms with Gasteiger partial charge < -0.3 is 14.1 Å². The van der Waals surface area contributed by atoms with E-state index < -0.39 is 0 Å². The van der Waals surface area contributed by atoms with Gasteiger partial charge in [0.2, 0.25) is 0 Å². The lowest BCUT2D eigenvalue weighted by Gasteiger charge is -2.34. The van der Waals surface area contributed by atoms with Crippen molar-refractivity contribution >= 4 is 16.7 Å². The molecule has 1 aliphatic carbocycles. The molecule has 2 aromatic carbocycles. The van der Waals surface area contributed by atoms with Gasteiger partial charge in [-0.1, -0.05) is 17.7 Å². The van der Waals surface area contributed by atoms with Crippen molar-refractivity contribution in [1.82, 2.24) is 0 Å². The normalized spacial score (nSPS) is 15.8. The molecule has 4 nitrogen and oxygen atoms in total. The van der Waals surface area contributed by atoms with Crippen molar-refractivity contribution in [3.63, 3.8) is 0 Å². The molecule has 0 radical (unpaired) electrons. The van der Waals surface area contributed by atoms with Crippen molar-refractivity contribution < 1.29 is 9.15 Å². The molecule has 0 bridgehead atoms. The van der Waals surface area contributed by atoms with E-state index in [-0.39, 0.29) is 5.63 Å². The molecule has 2 heterocycles. The van der Waals surface area contributed by atoms with Crippen LogP contribution in [0, 0.1) is 27.7 Å². The SMILES string of the molecule is Cc1cc(C)c(N2COc3c(cc4c5c(c(=O)oc4c3C)CCCC5)C2)c(C)c1. The molecular weight excluding hydrogens is 362 g/mol. The first-order valence-corrected chi connectivity index (χ1v) is 10.5. The molecule has 1 aromatic heterocycles. The molecule has 3 aromatic rings. The fourth-order valence-electron chi connectivity index (χ4n) is 5.32. The fourth-order valence-corrected chi connectivity index (χ4v) is 5.32. The molecular formula is C25H27NO3. The van der Waals surface area contributed by atoms with Crippen LogP contribution in [-0.2, 0) is 19.4 Å². The molecule has 150 valence electrons. The predicted molar refractivity (Wildman–Crippen MR) is 116 cm³/mol. The summed E-state index contributed by atoms with van der Waals surface area (Å²) in [5.74, 6) is 0.870. The monoisotopic (exact) mass is 389 g/mol. The summed E-state index contributed by atoms with van der Waals surface area (Å²) in [5, 5.41) is 1.10. The van der Waals surface area contributed by atoms with Gasteiger partial charge >= 0.3 is 5.63 Å². The lowest BCUT2D eigenvalue weighted by molar-refractivity contribution is 0.287. The molecule has 5 rings (SSSR count). The van der Waals surface area contributed by atoms with E-state index in [0.29, 0.717) is 12.3 Å². The van der Waals surface area contributed by atoms with E-state index in [2.05, 4.69) is 43.9 Å². The molecule has 2 aliphatic rings. The number of anilines is 1. The van der Waals surface area contributed by atoms with Gasteiger partial charge in [0.05, 0.1) is 0 Å². The molecule has 0 atom stereocenters. The largest absolute Gasteiger partial charge is 0.472 e. The molecule has 0 N–H and O–H groups in total. The molecule has 4 heteroatoms. The summed E-state index contributed by atoms with van der Waals surface area (Å²) in [6, 6.07) is 6.67. The van der Waals surface area contributed by atoms with Crippen LogP contribution in [0.5, 0.6) is 5.75 Å². The standard InChI is InChI=1S/C25H27NO3/c1-14-9-15(2)22(16(3)10-14)26-12-18-11-21-19-7-5-6-8-20(19)25(27)29-24(21)17(4)23(18)28-13-26/h9-11H,5-8,12-13H2,1-4H3. The van der Waals surface area contributed by atoms with Crippen LogP contribution in [0.3, 0.4) is 0 Å². The predicted octanol–water partition coefficient (Wildman–Crippen LogP) is 5.26. The Kier molecular flexibility index (Phi) is 4.19. The fraction of sp³-hybridized carbons (Fsp3) is 0.400. The number of hydrogen-bond acceptors (Lipinski definition) is 4. The molecule has 29 heavy (non-hydrogen) atoms. The Bertz CT molecular complexity index is 1180. The van der Waals surface area contributed by atoms with Gasteiger partial charge in [-0.2, -0.15) is 0 Å². The molecule has 0 fully saturated rings. The average Bonchev–Trinajstić information content (AvgIpc) is 2.68. The highest BCUT2D eigenvalue weighted by Gasteiger charge is 2.26. The Morgan fingerprint density at radius 2 is 1.62 bits per heavy atom. The van der Waals surface area contributed by atoms with Gasteiger partial charge in [0.1, 0.15) is 11.3 Å². The first-order valence-electron chi connectivity index (χ1n) is 10.5. The van der Waals surface area contributed by atoms with E-state index in [1.54, 1.807) is 0 Å². The maximum absolute atomic E-state index is 12.5. The van der Waals surface area contributed by atoms with E-state index in [1.165, 1.54) is 33.5 Å². The summed E-state index contributed by atoms with van der Waals surface area (Å²) >= 11 is 0. The van der Waals surface area contributed by atoms with Crippen LogP contribution in [-0.4, -0.2) is 6.73 Å². The second kappa shape index (κ2) is 6.65. The van der Waals surface area contributed by atoms with Crippen molar-refractivity contribution in [2.24, 2.45) is 0 Å². The highest BCUT2D eigenvalue weighted by atomic mass is 16.5. The Balaban J connectivity index is 1.65. The van der Waals surface area contributed by atoms with Gasteiger partial charge in [-0.3, -0.25) is 0 Å². The van der Waals surface area contributed by atoms with Crippen LogP contribution in [0.15, 0.2) is 27.4 Å². The number of aryl methyl sites for hydroxylation is 5. The van der Waals surface area contributed by atoms with E-state index in [1.807, 2.05) is 6.92 Å². The smallest absolute Gasteiger partial charge is 0.339 e. The number of ether oxygens (including phenoxy) is 1. The Morgan fingerprint density at radius 1 is 0.931 bits per heavy atom. The second-order valence-corrected chi connectivity index (χ2v) is 8.64. The van der Waals surface area contributed by atoms with Crippen LogP contribution >= 0.6 is 0 Å². The van der Waals surface area contributed by atoms with Gasteiger partial charge in [-0.05, 0) is 76.1 Å². The third kappa shape index (κ3) is 2.85. The maximum Gasteiger partial charge on any atom is 0.339 e. The third-order valence-corrected chi connectivity index (χ3v) is 6.45. The number of benzene rings is 2. The zero-order valence-electron chi connectivity index (χ0n) is 17.6. The zero-order chi connectivity index (χ0) is 20.3. The lowest BCUT2D eigenvalue weighted by atomic mass is 9.89. The van der Waals surface area contributed by atoms with Crippen molar-refractivity contribution in [1.29, 1.82) is 0 Å². The highest BCUT2D eigenvalue weighted by molar-refractivity contribution is 5.87. The zero-order valence-corrected chi connectivity index (χ0v) is 17.6. The molecule has 0 saturated carbocycles. The van der Waals surface area contributed by atoms with E-state index in [4.69, 9.17) is 9.15 Å². The average molecular weight is 389 g/mol. The highest BCUT2D eigenvalue weighted by Crippen LogP contribution is 2.39. The summed E-state index contributed by atoms with van der Waals surface area (Å²) in [5.41, 5.74) is 9.79. The summed E-state index contributed by atoms with van der Waals surface area (Å²) in [6.45, 7) is 9.78. The number of fused-ring (bicyclic) bond motifs is 4. The van der Waals surface area contributed by atoms with Crippen molar-refractivity contribution in [3.8, 4) is 5.75 Å². The lowest BCUT2D eigenvalue weighted by Crippen LogP contribution is -2.33. The van der Waals surface area contributed by atoms with E-state index in [0.717, 1.165) is 54.5 Å². The molecule has 0 unspecified atom stereocenters.